The molecule has 1 aliphatic rings. The maximum Gasteiger partial charge on any atom is 0.195 e. The molecule has 4 nitrogen and oxygen atoms in total. The Morgan fingerprint density at radius 3 is 3.00 bits per heavy atom. The van der Waals surface area contributed by atoms with Gasteiger partial charge in [-0.3, -0.25) is 10.00 Å². The molecule has 1 aromatic heterocycles. The number of H-pyrrole nitrogens is 1. The normalized spacial score (nSPS) is 21.2. The lowest BCUT2D eigenvalue weighted by Crippen LogP contribution is -2.33. The number of hydrogen-bond acceptors (Lipinski definition) is 3. The van der Waals surface area contributed by atoms with Crippen LogP contribution in [-0.4, -0.2) is 38.8 Å². The van der Waals surface area contributed by atoms with Crippen LogP contribution in [0.2, 0.25) is 0 Å². The van der Waals surface area contributed by atoms with Crippen molar-refractivity contribution in [3.8, 4) is 0 Å². The highest BCUT2D eigenvalue weighted by atomic mass is 32.1. The zero-order valence-corrected chi connectivity index (χ0v) is 11.6. The van der Waals surface area contributed by atoms with Gasteiger partial charge in [-0.25, -0.2) is 0 Å². The minimum absolute atomic E-state index is 0.639. The molecule has 5 heteroatoms. The average molecular weight is 254 g/mol. The van der Waals surface area contributed by atoms with Gasteiger partial charge in [-0.1, -0.05) is 13.8 Å². The van der Waals surface area contributed by atoms with E-state index in [1.165, 1.54) is 19.4 Å². The van der Waals surface area contributed by atoms with E-state index in [-0.39, 0.29) is 0 Å². The molecule has 17 heavy (non-hydrogen) atoms. The smallest absolute Gasteiger partial charge is 0.195 e. The SMILES string of the molecule is CCCc1n[nH]c(=S)n1CC1CCCN1CC. The van der Waals surface area contributed by atoms with E-state index in [0.717, 1.165) is 36.5 Å². The Morgan fingerprint density at radius 1 is 1.47 bits per heavy atom. The Hall–Kier alpha value is -0.680. The number of nitrogens with one attached hydrogen (secondary N) is 1. The van der Waals surface area contributed by atoms with Crippen LogP contribution >= 0.6 is 12.2 Å². The molecule has 0 aromatic carbocycles. The van der Waals surface area contributed by atoms with E-state index in [1.807, 2.05) is 0 Å². The molecule has 2 heterocycles. The third-order valence-corrected chi connectivity index (χ3v) is 3.92. The summed E-state index contributed by atoms with van der Waals surface area (Å²) in [6.07, 6.45) is 4.72. The van der Waals surface area contributed by atoms with Crippen molar-refractivity contribution < 1.29 is 0 Å². The molecule has 1 atom stereocenters. The highest BCUT2D eigenvalue weighted by Crippen LogP contribution is 2.19. The van der Waals surface area contributed by atoms with Crippen molar-refractivity contribution >= 4 is 12.2 Å². The molecule has 1 saturated heterocycles. The Bertz CT molecular complexity index is 409. The molecule has 2 rings (SSSR count). The van der Waals surface area contributed by atoms with E-state index in [9.17, 15) is 0 Å². The predicted octanol–water partition coefficient (Wildman–Crippen LogP) is 2.38. The molecule has 1 N–H and O–H groups in total. The first-order chi connectivity index (χ1) is 8.26. The highest BCUT2D eigenvalue weighted by Gasteiger charge is 2.24. The number of likely N-dealkylation sites (tertiary alicyclic amines) is 1. The number of hydrogen-bond donors (Lipinski definition) is 1. The first-order valence-electron chi connectivity index (χ1n) is 6.64. The summed E-state index contributed by atoms with van der Waals surface area (Å²) < 4.78 is 2.97. The Balaban J connectivity index is 2.12. The van der Waals surface area contributed by atoms with Crippen molar-refractivity contribution in [2.75, 3.05) is 13.1 Å². The molecule has 0 amide bonds. The van der Waals surface area contributed by atoms with Crippen LogP contribution in [0.15, 0.2) is 0 Å². The zero-order valence-electron chi connectivity index (χ0n) is 10.8. The Labute approximate surface area is 108 Å². The van der Waals surface area contributed by atoms with E-state index in [2.05, 4.69) is 33.5 Å². The number of aromatic nitrogens is 3. The molecule has 0 spiro atoms. The fraction of sp³-hybridized carbons (Fsp3) is 0.833. The predicted molar refractivity (Wildman–Crippen MR) is 71.7 cm³/mol. The summed E-state index contributed by atoms with van der Waals surface area (Å²) >= 11 is 5.32. The van der Waals surface area contributed by atoms with E-state index >= 15 is 0 Å². The molecule has 96 valence electrons. The van der Waals surface area contributed by atoms with Crippen LogP contribution in [0, 0.1) is 4.77 Å². The monoisotopic (exact) mass is 254 g/mol. The van der Waals surface area contributed by atoms with Gasteiger partial charge >= 0.3 is 0 Å². The molecule has 0 radical (unpaired) electrons. The lowest BCUT2D eigenvalue weighted by Gasteiger charge is -2.23. The third kappa shape index (κ3) is 2.77. The Morgan fingerprint density at radius 2 is 2.29 bits per heavy atom. The molecule has 1 unspecified atom stereocenters. The summed E-state index contributed by atoms with van der Waals surface area (Å²) in [4.78, 5) is 2.55. The van der Waals surface area contributed by atoms with Crippen LogP contribution in [-0.2, 0) is 13.0 Å². The largest absolute Gasteiger partial charge is 0.303 e. The van der Waals surface area contributed by atoms with Crippen LogP contribution in [0.5, 0.6) is 0 Å². The summed E-state index contributed by atoms with van der Waals surface area (Å²) in [6, 6.07) is 0.639. The van der Waals surface area contributed by atoms with Gasteiger partial charge in [-0.2, -0.15) is 5.10 Å². The summed E-state index contributed by atoms with van der Waals surface area (Å²) in [5.41, 5.74) is 0. The van der Waals surface area contributed by atoms with Crippen molar-refractivity contribution in [2.45, 2.75) is 52.1 Å². The first kappa shape index (κ1) is 12.8. The summed E-state index contributed by atoms with van der Waals surface area (Å²) in [6.45, 7) is 7.78. The van der Waals surface area contributed by atoms with Crippen LogP contribution in [0.4, 0.5) is 0 Å². The van der Waals surface area contributed by atoms with Gasteiger partial charge < -0.3 is 4.57 Å². The van der Waals surface area contributed by atoms with Crippen molar-refractivity contribution in [3.63, 3.8) is 0 Å². The number of aromatic amines is 1. The number of nitrogens with zero attached hydrogens (tertiary/aromatic N) is 3. The molecule has 1 fully saturated rings. The quantitative estimate of drug-likeness (QED) is 0.820. The second-order valence-corrected chi connectivity index (χ2v) is 5.12. The van der Waals surface area contributed by atoms with Gasteiger partial charge in [0.2, 0.25) is 0 Å². The Kier molecular flexibility index (Phi) is 4.34. The van der Waals surface area contributed by atoms with E-state index < -0.39 is 0 Å². The zero-order chi connectivity index (χ0) is 12.3. The van der Waals surface area contributed by atoms with Crippen LogP contribution < -0.4 is 0 Å². The number of aryl methyl sites for hydroxylation is 1. The van der Waals surface area contributed by atoms with Crippen LogP contribution in [0.1, 0.15) is 38.9 Å². The minimum Gasteiger partial charge on any atom is -0.303 e. The van der Waals surface area contributed by atoms with Gasteiger partial charge in [0.25, 0.3) is 0 Å². The van der Waals surface area contributed by atoms with E-state index in [0.29, 0.717) is 6.04 Å². The molecular formula is C12H22N4S. The van der Waals surface area contributed by atoms with Crippen LogP contribution in [0.3, 0.4) is 0 Å². The lowest BCUT2D eigenvalue weighted by molar-refractivity contribution is 0.242. The van der Waals surface area contributed by atoms with Crippen molar-refractivity contribution in [2.24, 2.45) is 0 Å². The molecule has 0 saturated carbocycles. The van der Waals surface area contributed by atoms with Gasteiger partial charge in [-0.05, 0) is 44.6 Å². The molecule has 1 aromatic rings. The first-order valence-corrected chi connectivity index (χ1v) is 7.05. The summed E-state index contributed by atoms with van der Waals surface area (Å²) in [5, 5.41) is 7.25. The molecule has 0 aliphatic carbocycles. The maximum atomic E-state index is 5.32. The third-order valence-electron chi connectivity index (χ3n) is 3.61. The van der Waals surface area contributed by atoms with Gasteiger partial charge in [0.1, 0.15) is 5.82 Å². The van der Waals surface area contributed by atoms with Gasteiger partial charge in [-0.15, -0.1) is 0 Å². The fourth-order valence-corrected chi connectivity index (χ4v) is 2.91. The lowest BCUT2D eigenvalue weighted by atomic mass is 10.2. The molecular weight excluding hydrogens is 232 g/mol. The second kappa shape index (κ2) is 5.78. The summed E-state index contributed by atoms with van der Waals surface area (Å²) in [7, 11) is 0. The second-order valence-electron chi connectivity index (χ2n) is 4.73. The standard InChI is InChI=1S/C12H22N4S/c1-3-6-11-13-14-12(17)16(11)9-10-7-5-8-15(10)4-2/h10H,3-9H2,1-2H3,(H,14,17). The molecule has 1 aliphatic heterocycles. The van der Waals surface area contributed by atoms with Crippen LogP contribution in [0.25, 0.3) is 0 Å². The topological polar surface area (TPSA) is 36.9 Å². The van der Waals surface area contributed by atoms with Gasteiger partial charge in [0, 0.05) is 19.0 Å². The number of likely N-dealkylation sites (N-methyl/N-ethyl adjacent to an activating group) is 1. The average Bonchev–Trinajstić information content (AvgIpc) is 2.90. The number of rotatable bonds is 5. The molecule has 0 bridgehead atoms. The maximum absolute atomic E-state index is 5.32. The van der Waals surface area contributed by atoms with Gasteiger partial charge in [0.15, 0.2) is 4.77 Å². The van der Waals surface area contributed by atoms with E-state index in [1.54, 1.807) is 0 Å². The fourth-order valence-electron chi connectivity index (χ4n) is 2.68. The minimum atomic E-state index is 0.639. The highest BCUT2D eigenvalue weighted by molar-refractivity contribution is 7.71. The van der Waals surface area contributed by atoms with Gasteiger partial charge in [0.05, 0.1) is 0 Å². The van der Waals surface area contributed by atoms with Crippen molar-refractivity contribution in [3.05, 3.63) is 10.6 Å². The van der Waals surface area contributed by atoms with Crippen molar-refractivity contribution in [1.82, 2.24) is 19.7 Å². The summed E-state index contributed by atoms with van der Waals surface area (Å²) in [5.74, 6) is 1.11. The van der Waals surface area contributed by atoms with E-state index in [4.69, 9.17) is 12.2 Å². The van der Waals surface area contributed by atoms with Crippen molar-refractivity contribution in [1.29, 1.82) is 0 Å².